The number of alkyl halides is 3. The van der Waals surface area contributed by atoms with E-state index in [2.05, 4.69) is 4.98 Å². The summed E-state index contributed by atoms with van der Waals surface area (Å²) < 4.78 is 83.5. The normalized spacial score (nSPS) is 12.4. The van der Waals surface area contributed by atoms with E-state index in [1.54, 1.807) is 47.0 Å². The van der Waals surface area contributed by atoms with E-state index in [0.717, 1.165) is 10.4 Å². The molecule has 0 fully saturated rings. The molecule has 0 radical (unpaired) electrons. The van der Waals surface area contributed by atoms with E-state index in [4.69, 9.17) is 0 Å². The Morgan fingerprint density at radius 1 is 1.00 bits per heavy atom. The molecule has 2 aromatic carbocycles. The molecule has 2 heterocycles. The highest BCUT2D eigenvalue weighted by molar-refractivity contribution is 7.92. The average Bonchev–Trinajstić information content (AvgIpc) is 3.16. The number of fused-ring (bicyclic) bond motifs is 1. The van der Waals surface area contributed by atoms with Gasteiger partial charge in [0.1, 0.15) is 11.5 Å². The number of rotatable bonds is 6. The van der Waals surface area contributed by atoms with E-state index < -0.39 is 34.1 Å². The first-order valence-electron chi connectivity index (χ1n) is 10.4. The highest BCUT2D eigenvalue weighted by Crippen LogP contribution is 2.35. The fourth-order valence-electron chi connectivity index (χ4n) is 3.77. The van der Waals surface area contributed by atoms with Gasteiger partial charge in [0.25, 0.3) is 10.0 Å². The molecule has 0 N–H and O–H groups in total. The SMILES string of the molecule is CC(C)c1c(N(Cc2ccc(C(F)(F)F)c(F)c2)S(=O)(=O)c2ccccc2)nc2ccccn12. The molecule has 5 nitrogen and oxygen atoms in total. The highest BCUT2D eigenvalue weighted by atomic mass is 32.2. The van der Waals surface area contributed by atoms with Crippen molar-refractivity contribution in [1.82, 2.24) is 9.38 Å². The Labute approximate surface area is 194 Å². The molecule has 0 saturated carbocycles. The predicted molar refractivity (Wildman–Crippen MR) is 120 cm³/mol. The van der Waals surface area contributed by atoms with E-state index in [0.29, 0.717) is 23.5 Å². The van der Waals surface area contributed by atoms with Gasteiger partial charge in [-0.25, -0.2) is 22.1 Å². The van der Waals surface area contributed by atoms with Crippen LogP contribution in [0.2, 0.25) is 0 Å². The van der Waals surface area contributed by atoms with E-state index >= 15 is 0 Å². The molecule has 0 aliphatic rings. The van der Waals surface area contributed by atoms with Crippen LogP contribution in [0.15, 0.2) is 77.8 Å². The van der Waals surface area contributed by atoms with Crippen LogP contribution in [0.25, 0.3) is 5.65 Å². The molecule has 4 rings (SSSR count). The maximum Gasteiger partial charge on any atom is 0.419 e. The lowest BCUT2D eigenvalue weighted by Gasteiger charge is -2.25. The van der Waals surface area contributed by atoms with Crippen LogP contribution in [0.5, 0.6) is 0 Å². The first kappa shape index (κ1) is 23.7. The number of pyridine rings is 1. The zero-order chi connectivity index (χ0) is 24.7. The second kappa shape index (κ2) is 8.75. The number of imidazole rings is 1. The summed E-state index contributed by atoms with van der Waals surface area (Å²) in [5.74, 6) is -1.49. The molecule has 0 spiro atoms. The summed E-state index contributed by atoms with van der Waals surface area (Å²) in [5, 5.41) is 0. The minimum absolute atomic E-state index is 0.0193. The number of aromatic nitrogens is 2. The third-order valence-electron chi connectivity index (χ3n) is 5.33. The van der Waals surface area contributed by atoms with E-state index in [9.17, 15) is 26.0 Å². The molecule has 0 aliphatic heterocycles. The van der Waals surface area contributed by atoms with Gasteiger partial charge in [-0.2, -0.15) is 13.2 Å². The van der Waals surface area contributed by atoms with Gasteiger partial charge < -0.3 is 4.40 Å². The van der Waals surface area contributed by atoms with Crippen molar-refractivity contribution in [2.45, 2.75) is 37.4 Å². The summed E-state index contributed by atoms with van der Waals surface area (Å²) in [5.41, 5.74) is -0.253. The number of hydrogen-bond acceptors (Lipinski definition) is 3. The van der Waals surface area contributed by atoms with Crippen LogP contribution in [0.4, 0.5) is 23.4 Å². The molecule has 4 aromatic rings. The zero-order valence-electron chi connectivity index (χ0n) is 18.3. The zero-order valence-corrected chi connectivity index (χ0v) is 19.1. The lowest BCUT2D eigenvalue weighted by Crippen LogP contribution is -2.32. The summed E-state index contributed by atoms with van der Waals surface area (Å²) in [6.07, 6.45) is -3.10. The minimum Gasteiger partial charge on any atom is -0.302 e. The fourth-order valence-corrected chi connectivity index (χ4v) is 5.20. The number of halogens is 4. The highest BCUT2D eigenvalue weighted by Gasteiger charge is 2.35. The molecule has 2 aromatic heterocycles. The largest absolute Gasteiger partial charge is 0.419 e. The molecule has 178 valence electrons. The van der Waals surface area contributed by atoms with Crippen LogP contribution in [0.3, 0.4) is 0 Å². The van der Waals surface area contributed by atoms with Crippen molar-refractivity contribution in [3.05, 3.63) is 95.6 Å². The molecule has 0 amide bonds. The van der Waals surface area contributed by atoms with Crippen molar-refractivity contribution >= 4 is 21.5 Å². The lowest BCUT2D eigenvalue weighted by molar-refractivity contribution is -0.140. The van der Waals surface area contributed by atoms with E-state index in [1.165, 1.54) is 12.1 Å². The minimum atomic E-state index is -4.86. The number of benzene rings is 2. The molecule has 0 atom stereocenters. The van der Waals surface area contributed by atoms with Gasteiger partial charge in [0, 0.05) is 6.20 Å². The Hall–Kier alpha value is -3.40. The molecule has 10 heteroatoms. The quantitative estimate of drug-likeness (QED) is 0.311. The third-order valence-corrected chi connectivity index (χ3v) is 7.08. The van der Waals surface area contributed by atoms with Gasteiger partial charge in [-0.05, 0) is 47.9 Å². The van der Waals surface area contributed by atoms with E-state index in [-0.39, 0.29) is 22.2 Å². The smallest absolute Gasteiger partial charge is 0.302 e. The summed E-state index contributed by atoms with van der Waals surface area (Å²) in [6, 6.07) is 15.3. The van der Waals surface area contributed by atoms with Crippen molar-refractivity contribution in [3.8, 4) is 0 Å². The Kier molecular flexibility index (Phi) is 6.11. The topological polar surface area (TPSA) is 54.7 Å². The fraction of sp³-hybridized carbons (Fsp3) is 0.208. The van der Waals surface area contributed by atoms with Crippen molar-refractivity contribution in [2.75, 3.05) is 4.31 Å². The maximum absolute atomic E-state index is 14.3. The van der Waals surface area contributed by atoms with Crippen LogP contribution in [0, 0.1) is 5.82 Å². The van der Waals surface area contributed by atoms with Gasteiger partial charge in [0.15, 0.2) is 5.82 Å². The monoisotopic (exact) mass is 491 g/mol. The Morgan fingerprint density at radius 3 is 2.29 bits per heavy atom. The number of anilines is 1. The first-order chi connectivity index (χ1) is 16.0. The van der Waals surface area contributed by atoms with Crippen LogP contribution in [-0.4, -0.2) is 17.8 Å². The molecule has 0 aliphatic carbocycles. The first-order valence-corrected chi connectivity index (χ1v) is 11.8. The summed E-state index contributed by atoms with van der Waals surface area (Å²) in [4.78, 5) is 4.52. The van der Waals surface area contributed by atoms with Crippen molar-refractivity contribution in [1.29, 1.82) is 0 Å². The summed E-state index contributed by atoms with van der Waals surface area (Å²) in [7, 11) is -4.19. The molecular formula is C24H21F4N3O2S. The maximum atomic E-state index is 14.3. The van der Waals surface area contributed by atoms with Gasteiger partial charge >= 0.3 is 6.18 Å². The second-order valence-electron chi connectivity index (χ2n) is 8.04. The number of sulfonamides is 1. The van der Waals surface area contributed by atoms with Crippen LogP contribution < -0.4 is 4.31 Å². The Morgan fingerprint density at radius 2 is 1.68 bits per heavy atom. The molecule has 34 heavy (non-hydrogen) atoms. The molecular weight excluding hydrogens is 470 g/mol. The average molecular weight is 492 g/mol. The van der Waals surface area contributed by atoms with Crippen LogP contribution in [0.1, 0.15) is 36.6 Å². The van der Waals surface area contributed by atoms with E-state index in [1.807, 2.05) is 13.8 Å². The summed E-state index contributed by atoms with van der Waals surface area (Å²) >= 11 is 0. The van der Waals surface area contributed by atoms with Crippen LogP contribution >= 0.6 is 0 Å². The molecule has 0 saturated heterocycles. The predicted octanol–water partition coefficient (Wildman–Crippen LogP) is 6.01. The van der Waals surface area contributed by atoms with Crippen molar-refractivity contribution in [3.63, 3.8) is 0 Å². The van der Waals surface area contributed by atoms with Gasteiger partial charge in [0.2, 0.25) is 0 Å². The standard InChI is InChI=1S/C24H21F4N3O2S/c1-16(2)22-23(29-21-10-6-7-13-30(21)22)31(34(32,33)18-8-4-3-5-9-18)15-17-11-12-19(20(25)14-17)24(26,27)28/h3-14,16H,15H2,1-2H3. The summed E-state index contributed by atoms with van der Waals surface area (Å²) in [6.45, 7) is 3.35. The number of nitrogens with zero attached hydrogens (tertiary/aromatic N) is 3. The van der Waals surface area contributed by atoms with Gasteiger partial charge in [-0.1, -0.05) is 44.2 Å². The van der Waals surface area contributed by atoms with Gasteiger partial charge in [0.05, 0.1) is 22.7 Å². The second-order valence-corrected chi connectivity index (χ2v) is 9.90. The Bertz CT molecular complexity index is 1430. The molecule has 0 bridgehead atoms. The molecule has 0 unspecified atom stereocenters. The number of hydrogen-bond donors (Lipinski definition) is 0. The Balaban J connectivity index is 1.91. The van der Waals surface area contributed by atoms with Gasteiger partial charge in [-0.15, -0.1) is 0 Å². The van der Waals surface area contributed by atoms with Crippen molar-refractivity contribution < 1.29 is 26.0 Å². The van der Waals surface area contributed by atoms with Crippen LogP contribution in [-0.2, 0) is 22.7 Å². The third kappa shape index (κ3) is 4.37. The lowest BCUT2D eigenvalue weighted by atomic mass is 10.1. The van der Waals surface area contributed by atoms with Crippen molar-refractivity contribution in [2.24, 2.45) is 0 Å². The van der Waals surface area contributed by atoms with Gasteiger partial charge in [-0.3, -0.25) is 0 Å².